The van der Waals surface area contributed by atoms with E-state index in [2.05, 4.69) is 19.4 Å². The molecule has 52 valence electrons. The van der Waals surface area contributed by atoms with Crippen LogP contribution in [0.15, 0.2) is 5.11 Å². The molecule has 1 rings (SSSR count). The van der Waals surface area contributed by atoms with Crippen molar-refractivity contribution in [2.75, 3.05) is 5.73 Å². The maximum atomic E-state index is 7.91. The fraction of sp³-hybridized carbons (Fsp3) is 0.333. The molecule has 0 saturated heterocycles. The van der Waals surface area contributed by atoms with Gasteiger partial charge in [0, 0.05) is 16.4 Å². The molecule has 7 heteroatoms. The third kappa shape index (κ3) is 1.57. The fourth-order valence-corrected chi connectivity index (χ4v) is 0.870. The van der Waals surface area contributed by atoms with Crippen LogP contribution in [0.2, 0.25) is 0 Å². The number of anilines is 1. The van der Waals surface area contributed by atoms with Crippen LogP contribution < -0.4 is 5.73 Å². The van der Waals surface area contributed by atoms with Gasteiger partial charge >= 0.3 is 0 Å². The van der Waals surface area contributed by atoms with E-state index in [1.54, 1.807) is 0 Å². The second kappa shape index (κ2) is 3.00. The van der Waals surface area contributed by atoms with Gasteiger partial charge < -0.3 is 5.73 Å². The smallest absolute Gasteiger partial charge is 0.199 e. The highest BCUT2D eigenvalue weighted by molar-refractivity contribution is 7.09. The quantitative estimate of drug-likeness (QED) is 0.391. The number of rotatable bonds is 2. The first-order valence-corrected chi connectivity index (χ1v) is 3.19. The molecule has 0 fully saturated rings. The molecule has 0 saturated carbocycles. The number of nitrogen functional groups attached to an aromatic ring is 1. The maximum absolute atomic E-state index is 7.91. The van der Waals surface area contributed by atoms with E-state index >= 15 is 0 Å². The molecule has 1 heterocycles. The lowest BCUT2D eigenvalue weighted by Crippen LogP contribution is -1.85. The minimum Gasteiger partial charge on any atom is -0.374 e. The Morgan fingerprint density at radius 2 is 2.60 bits per heavy atom. The zero-order chi connectivity index (χ0) is 7.40. The highest BCUT2D eigenvalue weighted by Crippen LogP contribution is 2.05. The normalized spacial score (nSPS) is 8.80. The van der Waals surface area contributed by atoms with Gasteiger partial charge in [0.2, 0.25) is 0 Å². The van der Waals surface area contributed by atoms with Crippen molar-refractivity contribution in [2.24, 2.45) is 5.11 Å². The lowest BCUT2D eigenvalue weighted by Gasteiger charge is -1.78. The summed E-state index contributed by atoms with van der Waals surface area (Å²) in [6, 6.07) is 0. The molecule has 0 bridgehead atoms. The van der Waals surface area contributed by atoms with Gasteiger partial charge in [-0.15, -0.1) is 0 Å². The Morgan fingerprint density at radius 3 is 3.10 bits per heavy atom. The van der Waals surface area contributed by atoms with E-state index in [0.717, 1.165) is 11.5 Å². The van der Waals surface area contributed by atoms with Crippen LogP contribution in [0.5, 0.6) is 0 Å². The zero-order valence-corrected chi connectivity index (χ0v) is 5.75. The van der Waals surface area contributed by atoms with Gasteiger partial charge in [0.15, 0.2) is 5.13 Å². The first-order chi connectivity index (χ1) is 4.83. The van der Waals surface area contributed by atoms with Crippen LogP contribution in [-0.2, 0) is 6.54 Å². The molecule has 1 aromatic rings. The Hall–Kier alpha value is -1.33. The molecule has 0 radical (unpaired) electrons. The lowest BCUT2D eigenvalue weighted by molar-refractivity contribution is 0.947. The van der Waals surface area contributed by atoms with E-state index in [-0.39, 0.29) is 6.54 Å². The van der Waals surface area contributed by atoms with Gasteiger partial charge in [-0.1, -0.05) is 5.11 Å². The van der Waals surface area contributed by atoms with E-state index in [4.69, 9.17) is 11.3 Å². The van der Waals surface area contributed by atoms with Crippen LogP contribution >= 0.6 is 11.5 Å². The first-order valence-electron chi connectivity index (χ1n) is 2.42. The molecule has 0 aliphatic carbocycles. The molecule has 10 heavy (non-hydrogen) atoms. The van der Waals surface area contributed by atoms with Gasteiger partial charge in [0.25, 0.3) is 0 Å². The number of nitrogens with two attached hydrogens (primary N) is 1. The summed E-state index contributed by atoms with van der Waals surface area (Å²) in [5, 5.41) is 3.65. The zero-order valence-electron chi connectivity index (χ0n) is 4.93. The Morgan fingerprint density at radius 1 is 1.80 bits per heavy atom. The van der Waals surface area contributed by atoms with Crippen molar-refractivity contribution in [1.82, 2.24) is 9.36 Å². The molecule has 0 amide bonds. The molecule has 0 aliphatic heterocycles. The lowest BCUT2D eigenvalue weighted by atomic mass is 10.6. The molecule has 0 unspecified atom stereocenters. The van der Waals surface area contributed by atoms with Gasteiger partial charge in [-0.05, 0) is 5.53 Å². The molecule has 1 aromatic heterocycles. The minimum absolute atomic E-state index is 0.171. The summed E-state index contributed by atoms with van der Waals surface area (Å²) in [5.74, 6) is 0.473. The highest BCUT2D eigenvalue weighted by atomic mass is 32.1. The number of aromatic nitrogens is 2. The van der Waals surface area contributed by atoms with Crippen LogP contribution in [0.25, 0.3) is 10.4 Å². The predicted octanol–water partition coefficient (Wildman–Crippen LogP) is 0.931. The van der Waals surface area contributed by atoms with Gasteiger partial charge in [-0.2, -0.15) is 4.37 Å². The minimum atomic E-state index is 0.171. The standard InChI is InChI=1S/C3H4N6S/c4-3-7-2(8-10-3)1-6-9-5/h1H2,(H2,4,7,8). The summed E-state index contributed by atoms with van der Waals surface area (Å²) in [4.78, 5) is 6.32. The summed E-state index contributed by atoms with van der Waals surface area (Å²) in [5.41, 5.74) is 13.2. The van der Waals surface area contributed by atoms with Crippen LogP contribution in [0.4, 0.5) is 5.13 Å². The van der Waals surface area contributed by atoms with Gasteiger partial charge in [-0.3, -0.25) is 0 Å². The molecule has 0 aromatic carbocycles. The van der Waals surface area contributed by atoms with Crippen molar-refractivity contribution in [2.45, 2.75) is 6.54 Å². The van der Waals surface area contributed by atoms with Crippen molar-refractivity contribution in [3.63, 3.8) is 0 Å². The largest absolute Gasteiger partial charge is 0.374 e. The maximum Gasteiger partial charge on any atom is 0.199 e. The van der Waals surface area contributed by atoms with Crippen molar-refractivity contribution < 1.29 is 0 Å². The van der Waals surface area contributed by atoms with Crippen molar-refractivity contribution in [3.8, 4) is 0 Å². The fourth-order valence-electron chi connectivity index (χ4n) is 0.427. The Labute approximate surface area is 60.5 Å². The predicted molar refractivity (Wildman–Crippen MR) is 37.2 cm³/mol. The van der Waals surface area contributed by atoms with Crippen LogP contribution in [0.1, 0.15) is 5.82 Å². The van der Waals surface area contributed by atoms with E-state index in [9.17, 15) is 0 Å². The summed E-state index contributed by atoms with van der Waals surface area (Å²) in [7, 11) is 0. The second-order valence-electron chi connectivity index (χ2n) is 1.44. The van der Waals surface area contributed by atoms with Crippen molar-refractivity contribution in [3.05, 3.63) is 16.3 Å². The number of nitrogens with zero attached hydrogens (tertiary/aromatic N) is 5. The third-order valence-corrected chi connectivity index (χ3v) is 1.34. The van der Waals surface area contributed by atoms with E-state index in [1.807, 2.05) is 0 Å². The molecule has 0 atom stereocenters. The molecular weight excluding hydrogens is 152 g/mol. The first kappa shape index (κ1) is 6.79. The average Bonchev–Trinajstić information content (AvgIpc) is 2.31. The highest BCUT2D eigenvalue weighted by Gasteiger charge is 1.96. The summed E-state index contributed by atoms with van der Waals surface area (Å²) in [6.07, 6.45) is 0. The molecular formula is C3H4N6S. The van der Waals surface area contributed by atoms with Crippen LogP contribution in [0, 0.1) is 0 Å². The molecule has 2 N–H and O–H groups in total. The third-order valence-electron chi connectivity index (χ3n) is 0.759. The van der Waals surface area contributed by atoms with Gasteiger partial charge in [-0.25, -0.2) is 4.98 Å². The molecule has 6 nitrogen and oxygen atoms in total. The topological polar surface area (TPSA) is 101 Å². The Balaban J connectivity index is 2.66. The van der Waals surface area contributed by atoms with Gasteiger partial charge in [0.05, 0.1) is 6.54 Å². The summed E-state index contributed by atoms with van der Waals surface area (Å²) < 4.78 is 3.79. The summed E-state index contributed by atoms with van der Waals surface area (Å²) >= 11 is 1.09. The SMILES string of the molecule is [N-]=[N+]=NCc1nsc(N)n1. The monoisotopic (exact) mass is 156 g/mol. The number of azide groups is 1. The Kier molecular flexibility index (Phi) is 2.03. The van der Waals surface area contributed by atoms with E-state index < -0.39 is 0 Å². The van der Waals surface area contributed by atoms with E-state index in [0.29, 0.717) is 11.0 Å². The average molecular weight is 156 g/mol. The summed E-state index contributed by atoms with van der Waals surface area (Å²) in [6.45, 7) is 0.171. The van der Waals surface area contributed by atoms with Crippen molar-refractivity contribution >= 4 is 16.7 Å². The molecule has 0 aliphatic rings. The number of hydrogen-bond donors (Lipinski definition) is 1. The van der Waals surface area contributed by atoms with Gasteiger partial charge in [0.1, 0.15) is 5.82 Å². The van der Waals surface area contributed by atoms with E-state index in [1.165, 1.54) is 0 Å². The van der Waals surface area contributed by atoms with Crippen LogP contribution in [0.3, 0.4) is 0 Å². The van der Waals surface area contributed by atoms with Crippen molar-refractivity contribution in [1.29, 1.82) is 0 Å². The number of hydrogen-bond acceptors (Lipinski definition) is 5. The Bertz CT molecular complexity index is 260. The molecule has 0 spiro atoms. The van der Waals surface area contributed by atoms with Crippen LogP contribution in [-0.4, -0.2) is 9.36 Å². The second-order valence-corrected chi connectivity index (χ2v) is 2.22.